The largest absolute Gasteiger partial charge is 0.429 e. The lowest BCUT2D eigenvalue weighted by Gasteiger charge is -2.29. The molecule has 0 aliphatic heterocycles. The van der Waals surface area contributed by atoms with Gasteiger partial charge in [-0.1, -0.05) is 38.0 Å². The van der Waals surface area contributed by atoms with E-state index in [1.807, 2.05) is 0 Å². The second kappa shape index (κ2) is 8.37. The van der Waals surface area contributed by atoms with E-state index in [9.17, 15) is 13.2 Å². The molecule has 2 aromatic rings. The van der Waals surface area contributed by atoms with E-state index in [1.165, 1.54) is 49.9 Å². The molecule has 0 spiro atoms. The number of rotatable bonds is 6. The summed E-state index contributed by atoms with van der Waals surface area (Å²) in [5.41, 5.74) is 1.29. The Labute approximate surface area is 159 Å². The van der Waals surface area contributed by atoms with Gasteiger partial charge in [0.25, 0.3) is 0 Å². The molecule has 1 aliphatic carbocycles. The summed E-state index contributed by atoms with van der Waals surface area (Å²) in [7, 11) is 0. The minimum atomic E-state index is -3.50. The van der Waals surface area contributed by atoms with Crippen LogP contribution in [-0.4, -0.2) is 0 Å². The molecule has 1 nitrogen and oxygen atoms in total. The van der Waals surface area contributed by atoms with Crippen molar-refractivity contribution in [3.63, 3.8) is 0 Å². The summed E-state index contributed by atoms with van der Waals surface area (Å²) in [6, 6.07) is 10.2. The molecule has 0 N–H and O–H groups in total. The van der Waals surface area contributed by atoms with Crippen molar-refractivity contribution in [2.75, 3.05) is 0 Å². The molecular formula is C23H27F3O. The topological polar surface area (TPSA) is 9.23 Å². The van der Waals surface area contributed by atoms with Crippen LogP contribution in [0.2, 0.25) is 0 Å². The highest BCUT2D eigenvalue weighted by atomic mass is 19.3. The zero-order chi connectivity index (χ0) is 19.4. The van der Waals surface area contributed by atoms with Gasteiger partial charge in [-0.15, -0.1) is 0 Å². The Hall–Kier alpha value is -1.97. The molecule has 1 aliphatic rings. The molecule has 0 heterocycles. The van der Waals surface area contributed by atoms with Crippen molar-refractivity contribution in [2.24, 2.45) is 5.92 Å². The van der Waals surface area contributed by atoms with Crippen LogP contribution in [0.15, 0.2) is 42.5 Å². The molecule has 1 fully saturated rings. The standard InChI is InChI=1S/C23H27F3O/c1-3-4-17-6-8-18(9-7-17)19-10-12-20(13-11-19)23(25,26)27-21-14-5-16(2)22(24)15-21/h5,10-15,17-18H,3-4,6-9H2,1-2H3. The first-order valence-electron chi connectivity index (χ1n) is 9.82. The van der Waals surface area contributed by atoms with E-state index in [1.54, 1.807) is 19.1 Å². The fourth-order valence-corrected chi connectivity index (χ4v) is 3.99. The van der Waals surface area contributed by atoms with E-state index in [0.717, 1.165) is 30.4 Å². The summed E-state index contributed by atoms with van der Waals surface area (Å²) in [4.78, 5) is 0. The van der Waals surface area contributed by atoms with E-state index in [-0.39, 0.29) is 11.3 Å². The van der Waals surface area contributed by atoms with Crippen LogP contribution in [0.4, 0.5) is 13.2 Å². The van der Waals surface area contributed by atoms with Crippen molar-refractivity contribution >= 4 is 0 Å². The van der Waals surface area contributed by atoms with E-state index in [4.69, 9.17) is 4.74 Å². The van der Waals surface area contributed by atoms with Crippen molar-refractivity contribution in [3.05, 3.63) is 65.0 Å². The molecule has 4 heteroatoms. The first-order chi connectivity index (χ1) is 12.9. The third kappa shape index (κ3) is 4.85. The van der Waals surface area contributed by atoms with Crippen LogP contribution in [0, 0.1) is 18.7 Å². The van der Waals surface area contributed by atoms with Gasteiger partial charge in [0.2, 0.25) is 0 Å². The fourth-order valence-electron chi connectivity index (χ4n) is 3.99. The number of aryl methyl sites for hydroxylation is 1. The highest BCUT2D eigenvalue weighted by Crippen LogP contribution is 2.39. The van der Waals surface area contributed by atoms with E-state index in [0.29, 0.717) is 11.5 Å². The van der Waals surface area contributed by atoms with Crippen LogP contribution in [0.1, 0.15) is 68.1 Å². The zero-order valence-electron chi connectivity index (χ0n) is 16.0. The van der Waals surface area contributed by atoms with E-state index < -0.39 is 11.9 Å². The third-order valence-electron chi connectivity index (χ3n) is 5.65. The van der Waals surface area contributed by atoms with Gasteiger partial charge in [-0.05, 0) is 73.8 Å². The minimum absolute atomic E-state index is 0.179. The Morgan fingerprint density at radius 2 is 1.67 bits per heavy atom. The summed E-state index contributed by atoms with van der Waals surface area (Å²) >= 11 is 0. The molecule has 0 aromatic heterocycles. The van der Waals surface area contributed by atoms with Gasteiger partial charge in [0, 0.05) is 6.07 Å². The Bertz CT molecular complexity index is 747. The van der Waals surface area contributed by atoms with E-state index in [2.05, 4.69) is 6.92 Å². The second-order valence-corrected chi connectivity index (χ2v) is 7.66. The van der Waals surface area contributed by atoms with Crippen molar-refractivity contribution in [1.82, 2.24) is 0 Å². The third-order valence-corrected chi connectivity index (χ3v) is 5.65. The Balaban J connectivity index is 1.66. The van der Waals surface area contributed by atoms with Gasteiger partial charge in [-0.2, -0.15) is 8.78 Å². The van der Waals surface area contributed by atoms with Gasteiger partial charge in [-0.3, -0.25) is 0 Å². The van der Waals surface area contributed by atoms with Gasteiger partial charge in [-0.25, -0.2) is 4.39 Å². The molecule has 1 saturated carbocycles. The average molecular weight is 376 g/mol. The van der Waals surface area contributed by atoms with Crippen LogP contribution < -0.4 is 4.74 Å². The molecule has 0 unspecified atom stereocenters. The summed E-state index contributed by atoms with van der Waals surface area (Å²) in [6.07, 6.45) is 3.70. The van der Waals surface area contributed by atoms with Gasteiger partial charge in [0.05, 0.1) is 5.56 Å². The monoisotopic (exact) mass is 376 g/mol. The summed E-state index contributed by atoms with van der Waals surface area (Å²) in [5, 5.41) is 0. The number of hydrogen-bond donors (Lipinski definition) is 0. The van der Waals surface area contributed by atoms with Crippen LogP contribution in [0.25, 0.3) is 0 Å². The summed E-state index contributed by atoms with van der Waals surface area (Å²) < 4.78 is 47.2. The predicted molar refractivity (Wildman–Crippen MR) is 102 cm³/mol. The lowest BCUT2D eigenvalue weighted by atomic mass is 9.77. The molecule has 0 bridgehead atoms. The summed E-state index contributed by atoms with van der Waals surface area (Å²) in [6.45, 7) is 3.80. The van der Waals surface area contributed by atoms with Gasteiger partial charge in [0.1, 0.15) is 11.6 Å². The van der Waals surface area contributed by atoms with Gasteiger partial charge >= 0.3 is 6.11 Å². The van der Waals surface area contributed by atoms with Crippen molar-refractivity contribution in [2.45, 2.75) is 64.4 Å². The number of halogens is 3. The Kier molecular flexibility index (Phi) is 6.13. The highest BCUT2D eigenvalue weighted by Gasteiger charge is 2.35. The number of ether oxygens (including phenoxy) is 1. The maximum Gasteiger partial charge on any atom is 0.426 e. The normalized spacial score (nSPS) is 20.5. The minimum Gasteiger partial charge on any atom is -0.429 e. The van der Waals surface area contributed by atoms with Crippen LogP contribution in [0.3, 0.4) is 0 Å². The SMILES string of the molecule is CCCC1CCC(c2ccc(C(F)(F)Oc3ccc(C)c(F)c3)cc2)CC1. The van der Waals surface area contributed by atoms with Crippen LogP contribution in [-0.2, 0) is 6.11 Å². The molecule has 0 amide bonds. The molecule has 0 saturated heterocycles. The average Bonchev–Trinajstić information content (AvgIpc) is 2.66. The summed E-state index contributed by atoms with van der Waals surface area (Å²) in [5.74, 6) is 0.532. The quantitative estimate of drug-likeness (QED) is 0.512. The smallest absolute Gasteiger partial charge is 0.426 e. The highest BCUT2D eigenvalue weighted by molar-refractivity contribution is 5.31. The molecule has 27 heavy (non-hydrogen) atoms. The van der Waals surface area contributed by atoms with Crippen LogP contribution in [0.5, 0.6) is 5.75 Å². The molecule has 0 atom stereocenters. The number of alkyl halides is 2. The maximum atomic E-state index is 14.4. The van der Waals surface area contributed by atoms with Gasteiger partial charge in [0.15, 0.2) is 0 Å². The lowest BCUT2D eigenvalue weighted by molar-refractivity contribution is -0.185. The first-order valence-corrected chi connectivity index (χ1v) is 9.82. The van der Waals surface area contributed by atoms with E-state index >= 15 is 0 Å². The predicted octanol–water partition coefficient (Wildman–Crippen LogP) is 7.34. The molecule has 146 valence electrons. The second-order valence-electron chi connectivity index (χ2n) is 7.66. The van der Waals surface area contributed by atoms with Crippen molar-refractivity contribution in [1.29, 1.82) is 0 Å². The number of benzene rings is 2. The van der Waals surface area contributed by atoms with Crippen LogP contribution >= 0.6 is 0 Å². The zero-order valence-corrected chi connectivity index (χ0v) is 16.0. The van der Waals surface area contributed by atoms with Gasteiger partial charge < -0.3 is 4.74 Å². The lowest BCUT2D eigenvalue weighted by Crippen LogP contribution is -2.22. The Morgan fingerprint density at radius 1 is 1.00 bits per heavy atom. The molecular weight excluding hydrogens is 349 g/mol. The fraction of sp³-hybridized carbons (Fsp3) is 0.478. The van der Waals surface area contributed by atoms with Crippen molar-refractivity contribution < 1.29 is 17.9 Å². The molecule has 0 radical (unpaired) electrons. The molecule has 2 aromatic carbocycles. The Morgan fingerprint density at radius 3 is 2.26 bits per heavy atom. The first kappa shape index (κ1) is 19.8. The maximum absolute atomic E-state index is 14.4. The molecule has 3 rings (SSSR count). The number of hydrogen-bond acceptors (Lipinski definition) is 1. The van der Waals surface area contributed by atoms with Crippen molar-refractivity contribution in [3.8, 4) is 5.75 Å².